The zero-order valence-corrected chi connectivity index (χ0v) is 19.5. The molecule has 1 aromatic rings. The average Bonchev–Trinajstić information content (AvgIpc) is 3.21. The molecule has 0 aliphatic heterocycles. The van der Waals surface area contributed by atoms with Crippen LogP contribution in [0.15, 0.2) is 24.3 Å². The molecule has 0 aromatic heterocycles. The summed E-state index contributed by atoms with van der Waals surface area (Å²) >= 11 is 0. The smallest absolute Gasteiger partial charge is 0.326 e. The van der Waals surface area contributed by atoms with Crippen LogP contribution in [-0.2, 0) is 16.0 Å². The second-order valence-electron chi connectivity index (χ2n) is 10.2. The summed E-state index contributed by atoms with van der Waals surface area (Å²) < 4.78 is 0. The molecule has 2 N–H and O–H groups in total. The number of carboxylic acids is 1. The Morgan fingerprint density at radius 2 is 1.74 bits per heavy atom. The Bertz CT molecular complexity index is 721. The van der Waals surface area contributed by atoms with Crippen LogP contribution in [0.2, 0.25) is 0 Å². The maximum atomic E-state index is 13.0. The van der Waals surface area contributed by atoms with E-state index in [9.17, 15) is 14.7 Å². The Hall–Kier alpha value is -1.84. The Morgan fingerprint density at radius 3 is 2.39 bits per heavy atom. The van der Waals surface area contributed by atoms with Gasteiger partial charge in [-0.3, -0.25) is 4.79 Å². The summed E-state index contributed by atoms with van der Waals surface area (Å²) in [6.45, 7) is 4.46. The van der Waals surface area contributed by atoms with Crippen molar-refractivity contribution < 1.29 is 14.7 Å². The van der Waals surface area contributed by atoms with Gasteiger partial charge in [0, 0.05) is 11.8 Å². The van der Waals surface area contributed by atoms with Gasteiger partial charge in [0.2, 0.25) is 5.91 Å². The molecule has 0 bridgehead atoms. The standard InChI is InChI=1S/C27H41NO3/c1-3-15-27(16-7-8-17-27)26(31)28-24(25(29)30)19-21-11-13-22(14-12-21)23-10-6-4-5-9-20(2)18-23/h11-14,20,23-24H,3-10,15-19H2,1-2H3,(H,28,31)(H,29,30). The summed E-state index contributed by atoms with van der Waals surface area (Å²) in [4.78, 5) is 25.0. The van der Waals surface area contributed by atoms with Crippen LogP contribution in [0.1, 0.15) is 108 Å². The fourth-order valence-electron chi connectivity index (χ4n) is 5.88. The van der Waals surface area contributed by atoms with Gasteiger partial charge in [-0.15, -0.1) is 0 Å². The molecule has 1 amide bonds. The van der Waals surface area contributed by atoms with E-state index in [2.05, 4.69) is 43.4 Å². The van der Waals surface area contributed by atoms with Gasteiger partial charge in [0.05, 0.1) is 0 Å². The first-order valence-electron chi connectivity index (χ1n) is 12.6. The van der Waals surface area contributed by atoms with Gasteiger partial charge in [-0.1, -0.05) is 83.1 Å². The number of carbonyl (C=O) groups is 2. The number of hydrogen-bond acceptors (Lipinski definition) is 2. The lowest BCUT2D eigenvalue weighted by Crippen LogP contribution is -2.48. The molecule has 3 rings (SSSR count). The van der Waals surface area contributed by atoms with Crippen LogP contribution in [0.25, 0.3) is 0 Å². The van der Waals surface area contributed by atoms with Crippen molar-refractivity contribution in [3.8, 4) is 0 Å². The summed E-state index contributed by atoms with van der Waals surface area (Å²) in [5.74, 6) is 0.369. The molecule has 3 unspecified atom stereocenters. The zero-order valence-electron chi connectivity index (χ0n) is 19.5. The second kappa shape index (κ2) is 11.2. The molecule has 2 fully saturated rings. The molecular formula is C27H41NO3. The predicted molar refractivity (Wildman–Crippen MR) is 125 cm³/mol. The Morgan fingerprint density at radius 1 is 1.06 bits per heavy atom. The number of amides is 1. The van der Waals surface area contributed by atoms with Crippen molar-refractivity contribution in [1.29, 1.82) is 0 Å². The molecule has 3 atom stereocenters. The number of nitrogens with one attached hydrogen (secondary N) is 1. The van der Waals surface area contributed by atoms with E-state index in [4.69, 9.17) is 0 Å². The Labute approximate surface area is 188 Å². The third-order valence-electron chi connectivity index (χ3n) is 7.70. The van der Waals surface area contributed by atoms with Crippen molar-refractivity contribution >= 4 is 11.9 Å². The Balaban J connectivity index is 1.64. The third kappa shape index (κ3) is 6.33. The lowest BCUT2D eigenvalue weighted by atomic mass is 9.80. The molecule has 1 aromatic carbocycles. The monoisotopic (exact) mass is 427 g/mol. The van der Waals surface area contributed by atoms with Crippen molar-refractivity contribution in [2.45, 2.75) is 109 Å². The van der Waals surface area contributed by atoms with Crippen molar-refractivity contribution in [3.05, 3.63) is 35.4 Å². The van der Waals surface area contributed by atoms with Crippen LogP contribution in [-0.4, -0.2) is 23.0 Å². The molecule has 2 saturated carbocycles. The maximum Gasteiger partial charge on any atom is 0.326 e. The summed E-state index contributed by atoms with van der Waals surface area (Å²) in [6.07, 6.45) is 13.8. The zero-order chi connectivity index (χ0) is 22.3. The van der Waals surface area contributed by atoms with E-state index in [-0.39, 0.29) is 11.3 Å². The first-order valence-corrected chi connectivity index (χ1v) is 12.6. The van der Waals surface area contributed by atoms with E-state index in [0.29, 0.717) is 12.3 Å². The minimum atomic E-state index is -0.948. The topological polar surface area (TPSA) is 66.4 Å². The van der Waals surface area contributed by atoms with Gasteiger partial charge in [0.1, 0.15) is 6.04 Å². The number of benzene rings is 1. The number of hydrogen-bond donors (Lipinski definition) is 2. The highest BCUT2D eigenvalue weighted by Gasteiger charge is 2.41. The van der Waals surface area contributed by atoms with Gasteiger partial charge >= 0.3 is 5.97 Å². The second-order valence-corrected chi connectivity index (χ2v) is 10.2. The average molecular weight is 428 g/mol. The molecule has 0 heterocycles. The van der Waals surface area contributed by atoms with Crippen LogP contribution in [0.3, 0.4) is 0 Å². The molecule has 31 heavy (non-hydrogen) atoms. The van der Waals surface area contributed by atoms with Crippen molar-refractivity contribution in [2.24, 2.45) is 11.3 Å². The lowest BCUT2D eigenvalue weighted by molar-refractivity contribution is -0.144. The summed E-state index contributed by atoms with van der Waals surface area (Å²) in [7, 11) is 0. The molecule has 2 aliphatic rings. The van der Waals surface area contributed by atoms with Crippen molar-refractivity contribution in [3.63, 3.8) is 0 Å². The minimum absolute atomic E-state index is 0.0561. The highest BCUT2D eigenvalue weighted by molar-refractivity contribution is 5.87. The van der Waals surface area contributed by atoms with Gasteiger partial charge in [-0.05, 0) is 55.1 Å². The van der Waals surface area contributed by atoms with Crippen LogP contribution in [0, 0.1) is 11.3 Å². The van der Waals surface area contributed by atoms with Gasteiger partial charge < -0.3 is 10.4 Å². The van der Waals surface area contributed by atoms with Gasteiger partial charge in [-0.2, -0.15) is 0 Å². The van der Waals surface area contributed by atoms with Gasteiger partial charge in [0.25, 0.3) is 0 Å². The van der Waals surface area contributed by atoms with Crippen molar-refractivity contribution in [1.82, 2.24) is 5.32 Å². The van der Waals surface area contributed by atoms with E-state index in [1.54, 1.807) is 0 Å². The van der Waals surface area contributed by atoms with Crippen LogP contribution >= 0.6 is 0 Å². The predicted octanol–water partition coefficient (Wildman–Crippen LogP) is 6.23. The number of rotatable bonds is 8. The van der Waals surface area contributed by atoms with Crippen molar-refractivity contribution in [2.75, 3.05) is 0 Å². The molecule has 2 aliphatic carbocycles. The van der Waals surface area contributed by atoms with Crippen LogP contribution in [0.5, 0.6) is 0 Å². The summed E-state index contributed by atoms with van der Waals surface area (Å²) in [5, 5.41) is 12.7. The lowest BCUT2D eigenvalue weighted by Gasteiger charge is -2.29. The molecule has 0 saturated heterocycles. The molecule has 0 radical (unpaired) electrons. The maximum absolute atomic E-state index is 13.0. The molecule has 4 heteroatoms. The van der Waals surface area contributed by atoms with E-state index in [1.807, 2.05) is 0 Å². The van der Waals surface area contributed by atoms with E-state index < -0.39 is 12.0 Å². The highest BCUT2D eigenvalue weighted by Crippen LogP contribution is 2.42. The SMILES string of the molecule is CCCC1(C(=O)NC(Cc2ccc(C3CCCCCC(C)C3)cc2)C(=O)O)CCCC1. The fourth-order valence-corrected chi connectivity index (χ4v) is 5.88. The molecular weight excluding hydrogens is 386 g/mol. The van der Waals surface area contributed by atoms with E-state index in [1.165, 1.54) is 44.1 Å². The minimum Gasteiger partial charge on any atom is -0.480 e. The molecule has 4 nitrogen and oxygen atoms in total. The first kappa shape index (κ1) is 23.8. The van der Waals surface area contributed by atoms with Crippen LogP contribution in [0.4, 0.5) is 0 Å². The Kier molecular flexibility index (Phi) is 8.57. The summed E-state index contributed by atoms with van der Waals surface area (Å²) in [5.41, 5.74) is 1.99. The van der Waals surface area contributed by atoms with E-state index in [0.717, 1.165) is 50.0 Å². The quantitative estimate of drug-likeness (QED) is 0.516. The van der Waals surface area contributed by atoms with E-state index >= 15 is 0 Å². The third-order valence-corrected chi connectivity index (χ3v) is 7.70. The van der Waals surface area contributed by atoms with Gasteiger partial charge in [0.15, 0.2) is 0 Å². The number of carboxylic acid groups (broad SMARTS) is 1. The number of aliphatic carboxylic acids is 1. The van der Waals surface area contributed by atoms with Crippen LogP contribution < -0.4 is 5.32 Å². The molecule has 172 valence electrons. The summed E-state index contributed by atoms with van der Waals surface area (Å²) in [6, 6.07) is 7.64. The van der Waals surface area contributed by atoms with Gasteiger partial charge in [-0.25, -0.2) is 4.79 Å². The molecule has 0 spiro atoms. The number of carbonyl (C=O) groups excluding carboxylic acids is 1. The normalized spacial score (nSPS) is 24.7. The largest absolute Gasteiger partial charge is 0.480 e. The fraction of sp³-hybridized carbons (Fsp3) is 0.704. The first-order chi connectivity index (χ1) is 14.9. The highest BCUT2D eigenvalue weighted by atomic mass is 16.4.